The van der Waals surface area contributed by atoms with E-state index in [9.17, 15) is 9.59 Å². The zero-order valence-corrected chi connectivity index (χ0v) is 12.7. The summed E-state index contributed by atoms with van der Waals surface area (Å²) < 4.78 is 0. The number of piperidine rings is 1. The van der Waals surface area contributed by atoms with Crippen LogP contribution < -0.4 is 11.5 Å². The van der Waals surface area contributed by atoms with Gasteiger partial charge in [-0.05, 0) is 24.8 Å². The third-order valence-electron chi connectivity index (χ3n) is 3.82. The van der Waals surface area contributed by atoms with Gasteiger partial charge < -0.3 is 16.4 Å². The number of primary amides is 1. The molecule has 0 bridgehead atoms. The van der Waals surface area contributed by atoms with E-state index in [4.69, 9.17) is 11.5 Å². The van der Waals surface area contributed by atoms with E-state index in [1.165, 1.54) is 0 Å². The van der Waals surface area contributed by atoms with E-state index in [1.54, 1.807) is 4.90 Å². The van der Waals surface area contributed by atoms with Crippen molar-refractivity contribution in [3.63, 3.8) is 0 Å². The van der Waals surface area contributed by atoms with Crippen molar-refractivity contribution in [3.8, 4) is 0 Å². The molecule has 4 N–H and O–H groups in total. The lowest BCUT2D eigenvalue weighted by atomic mass is 9.95. The molecule has 0 unspecified atom stereocenters. The van der Waals surface area contributed by atoms with Gasteiger partial charge in [0.2, 0.25) is 11.8 Å². The van der Waals surface area contributed by atoms with Crippen LogP contribution in [-0.2, 0) is 16.0 Å². The van der Waals surface area contributed by atoms with Crippen LogP contribution in [0.5, 0.6) is 0 Å². The number of hydrogen-bond acceptors (Lipinski definition) is 3. The molecular formula is C15H22ClN3O2. The molecule has 1 aromatic carbocycles. The molecule has 1 saturated heterocycles. The van der Waals surface area contributed by atoms with Gasteiger partial charge in [0.15, 0.2) is 0 Å². The summed E-state index contributed by atoms with van der Waals surface area (Å²) in [4.78, 5) is 25.1. The molecule has 1 aliphatic rings. The van der Waals surface area contributed by atoms with Gasteiger partial charge in [-0.1, -0.05) is 30.3 Å². The van der Waals surface area contributed by atoms with Crippen LogP contribution >= 0.6 is 12.4 Å². The Morgan fingerprint density at radius 1 is 1.19 bits per heavy atom. The number of likely N-dealkylation sites (tertiary alicyclic amines) is 1. The number of carbonyl (C=O) groups excluding carboxylic acids is 2. The van der Waals surface area contributed by atoms with Gasteiger partial charge in [-0.2, -0.15) is 0 Å². The number of nitrogens with two attached hydrogens (primary N) is 2. The standard InChI is InChI=1S/C15H21N3O2.ClH/c16-13(10-11-4-2-1-3-5-11)15(20)18-8-6-12(7-9-18)14(17)19;/h1-5,12-13H,6-10,16H2,(H2,17,19);1H/t13-;/m0./s1. The van der Waals surface area contributed by atoms with Crippen LogP contribution in [0.15, 0.2) is 30.3 Å². The normalized spacial score (nSPS) is 16.9. The summed E-state index contributed by atoms with van der Waals surface area (Å²) in [6.07, 6.45) is 1.81. The van der Waals surface area contributed by atoms with E-state index in [0.717, 1.165) is 5.56 Å². The van der Waals surface area contributed by atoms with E-state index in [2.05, 4.69) is 0 Å². The number of halogens is 1. The molecule has 0 aliphatic carbocycles. The molecule has 0 radical (unpaired) electrons. The molecular weight excluding hydrogens is 290 g/mol. The number of hydrogen-bond donors (Lipinski definition) is 2. The molecule has 0 saturated carbocycles. The highest BCUT2D eigenvalue weighted by Crippen LogP contribution is 2.17. The molecule has 5 nitrogen and oxygen atoms in total. The minimum absolute atomic E-state index is 0. The van der Waals surface area contributed by atoms with Gasteiger partial charge in [0.1, 0.15) is 0 Å². The Morgan fingerprint density at radius 2 is 1.76 bits per heavy atom. The average Bonchev–Trinajstić information content (AvgIpc) is 2.47. The Balaban J connectivity index is 0.00000220. The largest absolute Gasteiger partial charge is 0.369 e. The summed E-state index contributed by atoms with van der Waals surface area (Å²) in [6, 6.07) is 9.21. The summed E-state index contributed by atoms with van der Waals surface area (Å²) in [5.74, 6) is -0.424. The molecule has 1 aliphatic heterocycles. The molecule has 21 heavy (non-hydrogen) atoms. The summed E-state index contributed by atoms with van der Waals surface area (Å²) in [5.41, 5.74) is 12.3. The predicted octanol–water partition coefficient (Wildman–Crippen LogP) is 0.702. The van der Waals surface area contributed by atoms with Crippen molar-refractivity contribution in [2.24, 2.45) is 17.4 Å². The minimum atomic E-state index is -0.525. The molecule has 116 valence electrons. The highest BCUT2D eigenvalue weighted by Gasteiger charge is 2.28. The molecule has 0 aromatic heterocycles. The average molecular weight is 312 g/mol. The molecule has 2 amide bonds. The predicted molar refractivity (Wildman–Crippen MR) is 83.9 cm³/mol. The topological polar surface area (TPSA) is 89.4 Å². The van der Waals surface area contributed by atoms with Crippen LogP contribution in [0.1, 0.15) is 18.4 Å². The first-order valence-electron chi connectivity index (χ1n) is 6.95. The van der Waals surface area contributed by atoms with Gasteiger partial charge in [0, 0.05) is 19.0 Å². The Hall–Kier alpha value is -1.59. The first-order valence-corrected chi connectivity index (χ1v) is 6.95. The minimum Gasteiger partial charge on any atom is -0.369 e. The second-order valence-electron chi connectivity index (χ2n) is 5.30. The van der Waals surface area contributed by atoms with Gasteiger partial charge in [-0.15, -0.1) is 12.4 Å². The molecule has 6 heteroatoms. The monoisotopic (exact) mass is 311 g/mol. The first kappa shape index (κ1) is 17.5. The maximum atomic E-state index is 12.3. The van der Waals surface area contributed by atoms with Crippen LogP contribution in [0, 0.1) is 5.92 Å². The third kappa shape index (κ3) is 4.72. The van der Waals surface area contributed by atoms with Crippen molar-refractivity contribution >= 4 is 24.2 Å². The van der Waals surface area contributed by atoms with Crippen molar-refractivity contribution in [3.05, 3.63) is 35.9 Å². The van der Waals surface area contributed by atoms with E-state index >= 15 is 0 Å². The summed E-state index contributed by atoms with van der Waals surface area (Å²) >= 11 is 0. The fourth-order valence-corrected chi connectivity index (χ4v) is 2.57. The van der Waals surface area contributed by atoms with Crippen molar-refractivity contribution in [2.45, 2.75) is 25.3 Å². The van der Waals surface area contributed by atoms with Crippen LogP contribution in [0.4, 0.5) is 0 Å². The maximum Gasteiger partial charge on any atom is 0.239 e. The van der Waals surface area contributed by atoms with Gasteiger partial charge in [-0.25, -0.2) is 0 Å². The SMILES string of the molecule is Cl.NC(=O)C1CCN(C(=O)[C@@H](N)Cc2ccccc2)CC1. The third-order valence-corrected chi connectivity index (χ3v) is 3.82. The molecule has 1 aromatic rings. The summed E-state index contributed by atoms with van der Waals surface area (Å²) in [6.45, 7) is 1.13. The zero-order chi connectivity index (χ0) is 14.5. The van der Waals surface area contributed by atoms with Crippen LogP contribution in [-0.4, -0.2) is 35.8 Å². The van der Waals surface area contributed by atoms with Gasteiger partial charge in [0.25, 0.3) is 0 Å². The molecule has 1 atom stereocenters. The molecule has 1 fully saturated rings. The van der Waals surface area contributed by atoms with Crippen molar-refractivity contribution < 1.29 is 9.59 Å². The Labute approximate surface area is 131 Å². The quantitative estimate of drug-likeness (QED) is 0.858. The lowest BCUT2D eigenvalue weighted by molar-refractivity contribution is -0.136. The highest BCUT2D eigenvalue weighted by atomic mass is 35.5. The number of nitrogens with zero attached hydrogens (tertiary/aromatic N) is 1. The van der Waals surface area contributed by atoms with Gasteiger partial charge in [-0.3, -0.25) is 9.59 Å². The van der Waals surface area contributed by atoms with Crippen LogP contribution in [0.25, 0.3) is 0 Å². The van der Waals surface area contributed by atoms with E-state index in [1.807, 2.05) is 30.3 Å². The lowest BCUT2D eigenvalue weighted by Gasteiger charge is -2.32. The highest BCUT2D eigenvalue weighted by molar-refractivity contribution is 5.85. The molecule has 2 rings (SSSR count). The van der Waals surface area contributed by atoms with Crippen LogP contribution in [0.3, 0.4) is 0 Å². The second-order valence-corrected chi connectivity index (χ2v) is 5.30. The van der Waals surface area contributed by atoms with Gasteiger partial charge in [0.05, 0.1) is 6.04 Å². The van der Waals surface area contributed by atoms with Crippen molar-refractivity contribution in [1.82, 2.24) is 4.90 Å². The second kappa shape index (κ2) is 8.00. The Bertz CT molecular complexity index is 473. The van der Waals surface area contributed by atoms with E-state index in [0.29, 0.717) is 32.4 Å². The van der Waals surface area contributed by atoms with Crippen molar-refractivity contribution in [2.75, 3.05) is 13.1 Å². The van der Waals surface area contributed by atoms with Crippen molar-refractivity contribution in [1.29, 1.82) is 0 Å². The fraction of sp³-hybridized carbons (Fsp3) is 0.467. The molecule has 0 spiro atoms. The van der Waals surface area contributed by atoms with Gasteiger partial charge >= 0.3 is 0 Å². The zero-order valence-electron chi connectivity index (χ0n) is 11.9. The lowest BCUT2D eigenvalue weighted by Crippen LogP contribution is -2.49. The maximum absolute atomic E-state index is 12.3. The van der Waals surface area contributed by atoms with E-state index in [-0.39, 0.29) is 30.1 Å². The number of amides is 2. The fourth-order valence-electron chi connectivity index (χ4n) is 2.57. The summed E-state index contributed by atoms with van der Waals surface area (Å²) in [5, 5.41) is 0. The Kier molecular flexibility index (Phi) is 6.65. The smallest absolute Gasteiger partial charge is 0.239 e. The number of carbonyl (C=O) groups is 2. The first-order chi connectivity index (χ1) is 9.58. The van der Waals surface area contributed by atoms with Crippen LogP contribution in [0.2, 0.25) is 0 Å². The number of rotatable bonds is 4. The summed E-state index contributed by atoms with van der Waals surface area (Å²) in [7, 11) is 0. The number of benzene rings is 1. The molecule has 1 heterocycles. The Morgan fingerprint density at radius 3 is 2.29 bits per heavy atom. The van der Waals surface area contributed by atoms with E-state index < -0.39 is 6.04 Å².